The Morgan fingerprint density at radius 3 is 2.15 bits per heavy atom. The number of pyridine rings is 1. The molecule has 144 valence electrons. The Bertz CT molecular complexity index is 819. The summed E-state index contributed by atoms with van der Waals surface area (Å²) in [5, 5.41) is 12.2. The molecule has 2 aromatic rings. The highest BCUT2D eigenvalue weighted by molar-refractivity contribution is 7.99. The summed E-state index contributed by atoms with van der Waals surface area (Å²) in [5.74, 6) is -1.34. The summed E-state index contributed by atoms with van der Waals surface area (Å²) in [6, 6.07) is 8.56. The fourth-order valence-electron chi connectivity index (χ4n) is 2.06. The molecule has 0 aliphatic heterocycles. The molecule has 0 aliphatic rings. The van der Waals surface area contributed by atoms with Crippen LogP contribution in [0.4, 0.5) is 18.9 Å². The van der Waals surface area contributed by atoms with Crippen LogP contribution in [0.5, 0.6) is 0 Å². The molecule has 5 nitrogen and oxygen atoms in total. The van der Waals surface area contributed by atoms with Crippen LogP contribution in [0.1, 0.15) is 25.0 Å². The first-order valence-corrected chi connectivity index (χ1v) is 8.78. The predicted octanol–water partition coefficient (Wildman–Crippen LogP) is 4.19. The second kappa shape index (κ2) is 7.99. The van der Waals surface area contributed by atoms with E-state index in [9.17, 15) is 27.9 Å². The van der Waals surface area contributed by atoms with Gasteiger partial charge in [-0.05, 0) is 43.7 Å². The number of carbonyl (C=O) groups is 2. The fraction of sp³-hybridized carbons (Fsp3) is 0.278. The Morgan fingerprint density at radius 2 is 1.67 bits per heavy atom. The summed E-state index contributed by atoms with van der Waals surface area (Å²) >= 11 is 1.01. The summed E-state index contributed by atoms with van der Waals surface area (Å²) in [5.41, 5.74) is -0.810. The molecule has 0 aliphatic carbocycles. The van der Waals surface area contributed by atoms with E-state index in [0.29, 0.717) is 16.3 Å². The number of hydrogen-bond acceptors (Lipinski definition) is 4. The maximum Gasteiger partial charge on any atom is 0.417 e. The smallest absolute Gasteiger partial charge is 0.417 e. The van der Waals surface area contributed by atoms with Gasteiger partial charge < -0.3 is 10.4 Å². The number of rotatable bonds is 6. The number of carbonyl (C=O) groups excluding carboxylic acids is 1. The lowest BCUT2D eigenvalue weighted by molar-refractivity contribution is -0.142. The van der Waals surface area contributed by atoms with Crippen LogP contribution in [0.3, 0.4) is 0 Å². The Balaban J connectivity index is 1.91. The van der Waals surface area contributed by atoms with E-state index < -0.39 is 23.1 Å². The average molecular weight is 398 g/mol. The minimum Gasteiger partial charge on any atom is -0.481 e. The van der Waals surface area contributed by atoms with Gasteiger partial charge in [-0.15, -0.1) is 0 Å². The highest BCUT2D eigenvalue weighted by atomic mass is 32.2. The van der Waals surface area contributed by atoms with Gasteiger partial charge in [0, 0.05) is 11.9 Å². The Hall–Kier alpha value is -2.55. The van der Waals surface area contributed by atoms with Gasteiger partial charge in [0.25, 0.3) is 0 Å². The number of aromatic nitrogens is 1. The predicted molar refractivity (Wildman–Crippen MR) is 95.7 cm³/mol. The molecule has 27 heavy (non-hydrogen) atoms. The second-order valence-electron chi connectivity index (χ2n) is 6.23. The molecule has 0 saturated carbocycles. The fourth-order valence-corrected chi connectivity index (χ4v) is 2.71. The van der Waals surface area contributed by atoms with Crippen molar-refractivity contribution in [2.24, 2.45) is 0 Å². The monoisotopic (exact) mass is 398 g/mol. The SMILES string of the molecule is CC(C)(C(=O)O)c1ccc(NC(=O)CSc2ccc(C(F)(F)F)cn2)cc1. The van der Waals surface area contributed by atoms with Gasteiger partial charge in [-0.25, -0.2) is 4.98 Å². The largest absolute Gasteiger partial charge is 0.481 e. The van der Waals surface area contributed by atoms with Gasteiger partial charge in [0.1, 0.15) is 0 Å². The molecule has 1 amide bonds. The van der Waals surface area contributed by atoms with Gasteiger partial charge in [0.2, 0.25) is 5.91 Å². The lowest BCUT2D eigenvalue weighted by Gasteiger charge is -2.19. The van der Waals surface area contributed by atoms with Crippen LogP contribution in [0.25, 0.3) is 0 Å². The van der Waals surface area contributed by atoms with E-state index in [4.69, 9.17) is 0 Å². The number of thioether (sulfide) groups is 1. The summed E-state index contributed by atoms with van der Waals surface area (Å²) in [7, 11) is 0. The van der Waals surface area contributed by atoms with Crippen LogP contribution >= 0.6 is 11.8 Å². The van der Waals surface area contributed by atoms with Crippen LogP contribution in [-0.2, 0) is 21.2 Å². The van der Waals surface area contributed by atoms with Gasteiger partial charge in [-0.2, -0.15) is 13.2 Å². The van der Waals surface area contributed by atoms with E-state index >= 15 is 0 Å². The van der Waals surface area contributed by atoms with Crippen molar-refractivity contribution in [2.75, 3.05) is 11.1 Å². The Kier molecular flexibility index (Phi) is 6.15. The zero-order chi connectivity index (χ0) is 20.2. The number of halogens is 3. The highest BCUT2D eigenvalue weighted by Gasteiger charge is 2.31. The minimum atomic E-state index is -4.45. The first-order valence-electron chi connectivity index (χ1n) is 7.80. The zero-order valence-corrected chi connectivity index (χ0v) is 15.3. The molecule has 0 spiro atoms. The van der Waals surface area contributed by atoms with E-state index in [1.54, 1.807) is 38.1 Å². The quantitative estimate of drug-likeness (QED) is 0.713. The van der Waals surface area contributed by atoms with E-state index in [1.165, 1.54) is 6.07 Å². The molecule has 1 aromatic heterocycles. The van der Waals surface area contributed by atoms with E-state index in [0.717, 1.165) is 24.0 Å². The molecule has 0 fully saturated rings. The molecule has 2 rings (SSSR count). The number of carboxylic acids is 1. The van der Waals surface area contributed by atoms with E-state index in [-0.39, 0.29) is 11.7 Å². The number of amides is 1. The number of aliphatic carboxylic acids is 1. The van der Waals surface area contributed by atoms with Gasteiger partial charge in [-0.1, -0.05) is 23.9 Å². The molecule has 0 bridgehead atoms. The van der Waals surface area contributed by atoms with Gasteiger partial charge >= 0.3 is 12.1 Å². The molecule has 1 aromatic carbocycles. The normalized spacial score (nSPS) is 11.9. The highest BCUT2D eigenvalue weighted by Crippen LogP contribution is 2.29. The van der Waals surface area contributed by atoms with Crippen molar-refractivity contribution < 1.29 is 27.9 Å². The summed E-state index contributed by atoms with van der Waals surface area (Å²) < 4.78 is 37.4. The van der Waals surface area contributed by atoms with Crippen LogP contribution in [0.2, 0.25) is 0 Å². The number of nitrogens with zero attached hydrogens (tertiary/aromatic N) is 1. The number of anilines is 1. The summed E-state index contributed by atoms with van der Waals surface area (Å²) in [6.45, 7) is 3.16. The van der Waals surface area contributed by atoms with Gasteiger partial charge in [0.15, 0.2) is 0 Å². The van der Waals surface area contributed by atoms with Crippen molar-refractivity contribution in [3.8, 4) is 0 Å². The number of nitrogens with one attached hydrogen (secondary N) is 1. The summed E-state index contributed by atoms with van der Waals surface area (Å²) in [4.78, 5) is 26.9. The van der Waals surface area contributed by atoms with Crippen molar-refractivity contribution >= 4 is 29.3 Å². The molecule has 0 saturated heterocycles. The summed E-state index contributed by atoms with van der Waals surface area (Å²) in [6.07, 6.45) is -3.72. The van der Waals surface area contributed by atoms with Crippen molar-refractivity contribution in [1.82, 2.24) is 4.98 Å². The van der Waals surface area contributed by atoms with Crippen molar-refractivity contribution in [3.05, 3.63) is 53.7 Å². The van der Waals surface area contributed by atoms with Crippen LogP contribution in [-0.4, -0.2) is 27.7 Å². The van der Waals surface area contributed by atoms with Crippen LogP contribution in [0.15, 0.2) is 47.6 Å². The maximum absolute atomic E-state index is 12.5. The third kappa shape index (κ3) is 5.46. The number of alkyl halides is 3. The van der Waals surface area contributed by atoms with Gasteiger partial charge in [-0.3, -0.25) is 9.59 Å². The standard InChI is InChI=1S/C18H17F3N2O3S/c1-17(2,16(25)26)11-3-6-13(7-4-11)23-14(24)10-27-15-8-5-12(9-22-15)18(19,20)21/h3-9H,10H2,1-2H3,(H,23,24)(H,25,26). The molecule has 0 atom stereocenters. The maximum atomic E-state index is 12.5. The molecule has 0 radical (unpaired) electrons. The number of benzene rings is 1. The molecule has 2 N–H and O–H groups in total. The Labute approximate surface area is 158 Å². The van der Waals surface area contributed by atoms with Crippen molar-refractivity contribution in [3.63, 3.8) is 0 Å². The first kappa shape index (κ1) is 20.8. The third-order valence-corrected chi connectivity index (χ3v) is 4.78. The molecule has 9 heteroatoms. The zero-order valence-electron chi connectivity index (χ0n) is 14.5. The molecular weight excluding hydrogens is 381 g/mol. The molecule has 1 heterocycles. The van der Waals surface area contributed by atoms with Crippen molar-refractivity contribution in [2.45, 2.75) is 30.5 Å². The number of hydrogen-bond donors (Lipinski definition) is 2. The topological polar surface area (TPSA) is 79.3 Å². The van der Waals surface area contributed by atoms with E-state index in [1.807, 2.05) is 0 Å². The van der Waals surface area contributed by atoms with Crippen LogP contribution < -0.4 is 5.32 Å². The lowest BCUT2D eigenvalue weighted by Crippen LogP contribution is -2.28. The molecular formula is C18H17F3N2O3S. The minimum absolute atomic E-state index is 0.0270. The number of carboxylic acid groups (broad SMARTS) is 1. The lowest BCUT2D eigenvalue weighted by atomic mass is 9.85. The van der Waals surface area contributed by atoms with Crippen molar-refractivity contribution in [1.29, 1.82) is 0 Å². The average Bonchev–Trinajstić information content (AvgIpc) is 2.60. The van der Waals surface area contributed by atoms with E-state index in [2.05, 4.69) is 10.3 Å². The van der Waals surface area contributed by atoms with Crippen LogP contribution in [0, 0.1) is 0 Å². The Morgan fingerprint density at radius 1 is 1.07 bits per heavy atom. The van der Waals surface area contributed by atoms with Gasteiger partial charge in [0.05, 0.1) is 21.8 Å². The molecule has 0 unspecified atom stereocenters. The second-order valence-corrected chi connectivity index (χ2v) is 7.22. The third-order valence-electron chi connectivity index (χ3n) is 3.84. The first-order chi connectivity index (χ1) is 12.5.